The molecule has 2 aromatic heterocycles. The number of nitrogens with zero attached hydrogens (tertiary/aromatic N) is 4. The predicted octanol–water partition coefficient (Wildman–Crippen LogP) is 1.89. The molecule has 0 aliphatic heterocycles. The molecule has 0 N–H and O–H groups in total. The molecule has 0 unspecified atom stereocenters. The molecule has 0 atom stereocenters. The Labute approximate surface area is 140 Å². The molecule has 118 valence electrons. The topological polar surface area (TPSA) is 61.8 Å². The van der Waals surface area contributed by atoms with Gasteiger partial charge in [0.2, 0.25) is 0 Å². The first-order valence-electron chi connectivity index (χ1n) is 7.05. The molecule has 0 fully saturated rings. The Morgan fingerprint density at radius 1 is 1.22 bits per heavy atom. The third-order valence-electron chi connectivity index (χ3n) is 3.68. The minimum atomic E-state index is -0.403. The van der Waals surface area contributed by atoms with Gasteiger partial charge in [0, 0.05) is 13.6 Å². The Balaban J connectivity index is 2.31. The van der Waals surface area contributed by atoms with Crippen LogP contribution in [0.25, 0.3) is 11.2 Å². The highest BCUT2D eigenvalue weighted by molar-refractivity contribution is 9.10. The molecule has 0 aliphatic rings. The second-order valence-electron chi connectivity index (χ2n) is 5.17. The molecular weight excluding hydrogens is 360 g/mol. The molecule has 3 rings (SSSR count). The molecule has 3 aromatic rings. The molecule has 0 amide bonds. The summed E-state index contributed by atoms with van der Waals surface area (Å²) >= 11 is 3.39. The van der Waals surface area contributed by atoms with Crippen LogP contribution >= 0.6 is 15.9 Å². The molecule has 0 saturated carbocycles. The highest BCUT2D eigenvalue weighted by atomic mass is 79.9. The first-order chi connectivity index (χ1) is 11.0. The number of imidazole rings is 1. The lowest BCUT2D eigenvalue weighted by molar-refractivity contribution is 0.663. The summed E-state index contributed by atoms with van der Waals surface area (Å²) < 4.78 is 4.82. The maximum atomic E-state index is 12.7. The quantitative estimate of drug-likeness (QED) is 0.517. The Bertz CT molecular complexity index is 999. The summed E-state index contributed by atoms with van der Waals surface area (Å²) in [5.74, 6) is 0. The van der Waals surface area contributed by atoms with Crippen molar-refractivity contribution in [2.24, 2.45) is 7.05 Å². The van der Waals surface area contributed by atoms with Crippen LogP contribution in [0.1, 0.15) is 5.56 Å². The Morgan fingerprint density at radius 3 is 2.57 bits per heavy atom. The number of allylic oxidation sites excluding steroid dienone is 1. The number of aryl methyl sites for hydroxylation is 1. The molecule has 7 heteroatoms. The highest BCUT2D eigenvalue weighted by Gasteiger charge is 2.18. The van der Waals surface area contributed by atoms with E-state index in [1.165, 1.54) is 10.6 Å². The summed E-state index contributed by atoms with van der Waals surface area (Å²) in [5.41, 5.74) is 1.03. The lowest BCUT2D eigenvalue weighted by Gasteiger charge is -2.09. The van der Waals surface area contributed by atoms with Crippen molar-refractivity contribution in [2.75, 3.05) is 0 Å². The van der Waals surface area contributed by atoms with Crippen LogP contribution < -0.4 is 11.2 Å². The smallest absolute Gasteiger partial charge is 0.308 e. The fourth-order valence-corrected chi connectivity index (χ4v) is 3.02. The number of halogens is 1. The molecule has 0 radical (unpaired) electrons. The number of hydrogen-bond acceptors (Lipinski definition) is 3. The van der Waals surface area contributed by atoms with E-state index in [-0.39, 0.29) is 12.1 Å². The van der Waals surface area contributed by atoms with E-state index in [1.807, 2.05) is 30.3 Å². The van der Waals surface area contributed by atoms with Crippen molar-refractivity contribution in [3.8, 4) is 0 Å². The van der Waals surface area contributed by atoms with E-state index in [0.717, 1.165) is 10.1 Å². The van der Waals surface area contributed by atoms with E-state index in [0.29, 0.717) is 22.4 Å². The Kier molecular flexibility index (Phi) is 4.04. The van der Waals surface area contributed by atoms with Crippen LogP contribution in [0.2, 0.25) is 0 Å². The van der Waals surface area contributed by atoms with Crippen molar-refractivity contribution in [2.45, 2.75) is 13.1 Å². The highest BCUT2D eigenvalue weighted by Crippen LogP contribution is 2.18. The zero-order valence-electron chi connectivity index (χ0n) is 12.6. The summed E-state index contributed by atoms with van der Waals surface area (Å²) in [6.07, 6.45) is 1.53. The van der Waals surface area contributed by atoms with E-state index in [2.05, 4.69) is 27.5 Å². The Morgan fingerprint density at radius 2 is 1.91 bits per heavy atom. The van der Waals surface area contributed by atoms with Gasteiger partial charge >= 0.3 is 5.69 Å². The average Bonchev–Trinajstić information content (AvgIpc) is 2.87. The van der Waals surface area contributed by atoms with Crippen LogP contribution in [-0.4, -0.2) is 18.7 Å². The van der Waals surface area contributed by atoms with Crippen molar-refractivity contribution in [1.29, 1.82) is 0 Å². The zero-order valence-corrected chi connectivity index (χ0v) is 14.2. The van der Waals surface area contributed by atoms with E-state index < -0.39 is 5.69 Å². The lowest BCUT2D eigenvalue weighted by atomic mass is 10.2. The van der Waals surface area contributed by atoms with Crippen LogP contribution in [0.4, 0.5) is 0 Å². The van der Waals surface area contributed by atoms with Gasteiger partial charge in [-0.2, -0.15) is 0 Å². The normalized spacial score (nSPS) is 11.0. The lowest BCUT2D eigenvalue weighted by Crippen LogP contribution is -2.39. The van der Waals surface area contributed by atoms with Crippen LogP contribution in [0.5, 0.6) is 0 Å². The minimum absolute atomic E-state index is 0.162. The first-order valence-corrected chi connectivity index (χ1v) is 7.84. The summed E-state index contributed by atoms with van der Waals surface area (Å²) in [6, 6.07) is 9.76. The maximum absolute atomic E-state index is 12.7. The number of fused-ring (bicyclic) bond motifs is 1. The number of aromatic nitrogens is 4. The molecule has 0 bridgehead atoms. The van der Waals surface area contributed by atoms with Gasteiger partial charge < -0.3 is 4.57 Å². The molecule has 23 heavy (non-hydrogen) atoms. The minimum Gasteiger partial charge on any atom is -0.308 e. The van der Waals surface area contributed by atoms with Gasteiger partial charge in [-0.05, 0) is 21.5 Å². The summed E-state index contributed by atoms with van der Waals surface area (Å²) in [5, 5.41) is 0. The van der Waals surface area contributed by atoms with Gasteiger partial charge in [-0.15, -0.1) is 6.58 Å². The summed E-state index contributed by atoms with van der Waals surface area (Å²) in [4.78, 5) is 29.4. The van der Waals surface area contributed by atoms with E-state index in [1.54, 1.807) is 11.6 Å². The third kappa shape index (κ3) is 2.57. The van der Waals surface area contributed by atoms with Crippen molar-refractivity contribution in [3.63, 3.8) is 0 Å². The van der Waals surface area contributed by atoms with E-state index >= 15 is 0 Å². The summed E-state index contributed by atoms with van der Waals surface area (Å²) in [7, 11) is 1.61. The van der Waals surface area contributed by atoms with Crippen molar-refractivity contribution in [3.05, 3.63) is 74.1 Å². The summed E-state index contributed by atoms with van der Waals surface area (Å²) in [6.45, 7) is 4.25. The van der Waals surface area contributed by atoms with Crippen molar-refractivity contribution < 1.29 is 0 Å². The van der Waals surface area contributed by atoms with Gasteiger partial charge in [-0.25, -0.2) is 9.78 Å². The molecule has 0 spiro atoms. The zero-order chi connectivity index (χ0) is 16.6. The number of benzene rings is 1. The van der Waals surface area contributed by atoms with Gasteiger partial charge in [0.1, 0.15) is 0 Å². The standard InChI is InChI=1S/C16H15BrN4O2/c1-3-9-20-14(22)12-13(19(2)16(20)23)18-15(17)21(12)10-11-7-5-4-6-8-11/h3-8H,1,9-10H2,2H3. The van der Waals surface area contributed by atoms with Crippen LogP contribution in [-0.2, 0) is 20.1 Å². The van der Waals surface area contributed by atoms with Crippen LogP contribution in [0.3, 0.4) is 0 Å². The van der Waals surface area contributed by atoms with Gasteiger partial charge in [-0.1, -0.05) is 36.4 Å². The van der Waals surface area contributed by atoms with E-state index in [9.17, 15) is 9.59 Å². The second-order valence-corrected chi connectivity index (χ2v) is 5.88. The number of rotatable bonds is 4. The molecule has 0 saturated heterocycles. The Hall–Kier alpha value is -2.41. The predicted molar refractivity (Wildman–Crippen MR) is 92.7 cm³/mol. The van der Waals surface area contributed by atoms with Crippen LogP contribution in [0, 0.1) is 0 Å². The molecule has 6 nitrogen and oxygen atoms in total. The maximum Gasteiger partial charge on any atom is 0.332 e. The van der Waals surface area contributed by atoms with Crippen molar-refractivity contribution >= 4 is 27.1 Å². The molecule has 2 heterocycles. The second kappa shape index (κ2) is 6.00. The molecular formula is C16H15BrN4O2. The van der Waals surface area contributed by atoms with Gasteiger partial charge in [0.15, 0.2) is 15.9 Å². The molecule has 0 aliphatic carbocycles. The van der Waals surface area contributed by atoms with Gasteiger partial charge in [0.05, 0.1) is 6.54 Å². The van der Waals surface area contributed by atoms with Crippen LogP contribution in [0.15, 0.2) is 57.3 Å². The average molecular weight is 375 g/mol. The first kappa shape index (κ1) is 15.5. The fraction of sp³-hybridized carbons (Fsp3) is 0.188. The third-order valence-corrected chi connectivity index (χ3v) is 4.29. The molecule has 1 aromatic carbocycles. The van der Waals surface area contributed by atoms with Gasteiger partial charge in [0.25, 0.3) is 5.56 Å². The van der Waals surface area contributed by atoms with Gasteiger partial charge in [-0.3, -0.25) is 13.9 Å². The fourth-order valence-electron chi connectivity index (χ4n) is 2.55. The SMILES string of the molecule is C=CCn1c(=O)c2c(nc(Br)n2Cc2ccccc2)n(C)c1=O. The van der Waals surface area contributed by atoms with E-state index in [4.69, 9.17) is 0 Å². The number of hydrogen-bond donors (Lipinski definition) is 0. The van der Waals surface area contributed by atoms with Crippen molar-refractivity contribution in [1.82, 2.24) is 18.7 Å². The monoisotopic (exact) mass is 374 g/mol. The largest absolute Gasteiger partial charge is 0.332 e.